The van der Waals surface area contributed by atoms with Crippen molar-refractivity contribution in [2.24, 2.45) is 0 Å². The van der Waals surface area contributed by atoms with Crippen molar-refractivity contribution < 1.29 is 22.8 Å². The van der Waals surface area contributed by atoms with Gasteiger partial charge in [0, 0.05) is 10.7 Å². The summed E-state index contributed by atoms with van der Waals surface area (Å²) in [5.74, 6) is -1.50. The molecule has 0 radical (unpaired) electrons. The second kappa shape index (κ2) is 7.35. The number of halogens is 4. The molecule has 0 atom stereocenters. The number of amides is 2. The van der Waals surface area contributed by atoms with Gasteiger partial charge in [0.1, 0.15) is 6.42 Å². The number of alkyl halides is 3. The van der Waals surface area contributed by atoms with Gasteiger partial charge in [0.05, 0.1) is 11.3 Å². The number of para-hydroxylation sites is 1. The molecule has 2 amide bonds. The molecule has 0 heterocycles. The van der Waals surface area contributed by atoms with Crippen LogP contribution in [0.5, 0.6) is 0 Å². The van der Waals surface area contributed by atoms with Gasteiger partial charge in [0.2, 0.25) is 11.8 Å². The Morgan fingerprint density at radius 1 is 0.958 bits per heavy atom. The van der Waals surface area contributed by atoms with E-state index in [1.165, 1.54) is 6.07 Å². The minimum atomic E-state index is -4.68. The summed E-state index contributed by atoms with van der Waals surface area (Å²) in [6.07, 6.45) is -5.30. The smallest absolute Gasteiger partial charge is 0.326 e. The minimum absolute atomic E-state index is 0.109. The summed E-state index contributed by atoms with van der Waals surface area (Å²) in [4.78, 5) is 23.5. The highest BCUT2D eigenvalue weighted by molar-refractivity contribution is 6.30. The molecule has 0 bridgehead atoms. The average Bonchev–Trinajstić information content (AvgIpc) is 2.48. The molecule has 0 saturated carbocycles. The highest BCUT2D eigenvalue weighted by atomic mass is 35.5. The van der Waals surface area contributed by atoms with Gasteiger partial charge >= 0.3 is 6.18 Å². The molecule has 2 aromatic carbocycles. The van der Waals surface area contributed by atoms with Crippen molar-refractivity contribution in [2.75, 3.05) is 10.6 Å². The van der Waals surface area contributed by atoms with Crippen LogP contribution in [0.2, 0.25) is 5.02 Å². The maximum absolute atomic E-state index is 12.9. The monoisotopic (exact) mass is 356 g/mol. The number of carbonyl (C=O) groups excluding carboxylic acids is 2. The van der Waals surface area contributed by atoms with Gasteiger partial charge in [0.25, 0.3) is 0 Å². The largest absolute Gasteiger partial charge is 0.418 e. The lowest BCUT2D eigenvalue weighted by molar-refractivity contribution is -0.137. The molecule has 24 heavy (non-hydrogen) atoms. The van der Waals surface area contributed by atoms with Gasteiger partial charge in [-0.2, -0.15) is 13.2 Å². The first-order valence-electron chi connectivity index (χ1n) is 6.77. The van der Waals surface area contributed by atoms with Crippen LogP contribution in [0.1, 0.15) is 12.0 Å². The summed E-state index contributed by atoms with van der Waals surface area (Å²) in [6, 6.07) is 11.4. The van der Waals surface area contributed by atoms with E-state index >= 15 is 0 Å². The average molecular weight is 357 g/mol. The molecular formula is C16H12ClF3N2O2. The first kappa shape index (κ1) is 17.8. The Morgan fingerprint density at radius 2 is 1.58 bits per heavy atom. The van der Waals surface area contributed by atoms with Crippen molar-refractivity contribution >= 4 is 34.8 Å². The fourth-order valence-electron chi connectivity index (χ4n) is 1.93. The lowest BCUT2D eigenvalue weighted by Gasteiger charge is -2.14. The van der Waals surface area contributed by atoms with E-state index in [2.05, 4.69) is 10.6 Å². The molecule has 8 heteroatoms. The van der Waals surface area contributed by atoms with Crippen LogP contribution in [0.25, 0.3) is 0 Å². The van der Waals surface area contributed by atoms with Crippen LogP contribution in [-0.4, -0.2) is 11.8 Å². The van der Waals surface area contributed by atoms with Gasteiger partial charge in [-0.3, -0.25) is 9.59 Å². The number of nitrogens with one attached hydrogen (secondary N) is 2. The topological polar surface area (TPSA) is 58.2 Å². The van der Waals surface area contributed by atoms with Crippen LogP contribution in [0, 0.1) is 0 Å². The van der Waals surface area contributed by atoms with Crippen molar-refractivity contribution in [3.05, 3.63) is 59.1 Å². The third kappa shape index (κ3) is 4.99. The van der Waals surface area contributed by atoms with E-state index in [1.807, 2.05) is 0 Å². The summed E-state index contributed by atoms with van der Waals surface area (Å²) in [6.45, 7) is 0. The van der Waals surface area contributed by atoms with Crippen LogP contribution in [-0.2, 0) is 15.8 Å². The van der Waals surface area contributed by atoms with Crippen molar-refractivity contribution in [3.63, 3.8) is 0 Å². The first-order valence-corrected chi connectivity index (χ1v) is 7.15. The maximum atomic E-state index is 12.9. The molecule has 0 aliphatic rings. The van der Waals surface area contributed by atoms with E-state index in [-0.39, 0.29) is 5.02 Å². The van der Waals surface area contributed by atoms with E-state index in [4.69, 9.17) is 11.6 Å². The second-order valence-electron chi connectivity index (χ2n) is 4.83. The normalized spacial score (nSPS) is 11.0. The Hall–Kier alpha value is -2.54. The van der Waals surface area contributed by atoms with Gasteiger partial charge in [-0.25, -0.2) is 0 Å². The first-order chi connectivity index (χ1) is 11.3. The summed E-state index contributed by atoms with van der Waals surface area (Å²) in [5.41, 5.74) is -1.05. The van der Waals surface area contributed by atoms with Crippen LogP contribution in [0.3, 0.4) is 0 Å². The van der Waals surface area contributed by atoms with Crippen LogP contribution in [0.4, 0.5) is 24.5 Å². The second-order valence-corrected chi connectivity index (χ2v) is 5.26. The van der Waals surface area contributed by atoms with Crippen molar-refractivity contribution in [2.45, 2.75) is 12.6 Å². The standard InChI is InChI=1S/C16H12ClF3N2O2/c17-10-6-7-13(12(8-10)16(18,19)20)22-15(24)9-14(23)21-11-4-2-1-3-5-11/h1-8H,9H2,(H,21,23)(H,22,24). The van der Waals surface area contributed by atoms with E-state index < -0.39 is 35.7 Å². The highest BCUT2D eigenvalue weighted by Gasteiger charge is 2.34. The van der Waals surface area contributed by atoms with Crippen LogP contribution in [0.15, 0.2) is 48.5 Å². The van der Waals surface area contributed by atoms with Gasteiger partial charge in [0.15, 0.2) is 0 Å². The van der Waals surface area contributed by atoms with Crippen molar-refractivity contribution in [1.29, 1.82) is 0 Å². The molecule has 0 aromatic heterocycles. The molecule has 0 fully saturated rings. The summed E-state index contributed by atoms with van der Waals surface area (Å²) >= 11 is 5.56. The van der Waals surface area contributed by atoms with Crippen LogP contribution >= 0.6 is 11.6 Å². The highest BCUT2D eigenvalue weighted by Crippen LogP contribution is 2.36. The zero-order chi connectivity index (χ0) is 17.7. The third-order valence-corrected chi connectivity index (χ3v) is 3.17. The minimum Gasteiger partial charge on any atom is -0.326 e. The lowest BCUT2D eigenvalue weighted by atomic mass is 10.1. The van der Waals surface area contributed by atoms with Crippen LogP contribution < -0.4 is 10.6 Å². The predicted molar refractivity (Wildman–Crippen MR) is 84.8 cm³/mol. The number of anilines is 2. The van der Waals surface area contributed by atoms with Gasteiger partial charge in [-0.05, 0) is 30.3 Å². The molecule has 126 valence electrons. The Morgan fingerprint density at radius 3 is 2.21 bits per heavy atom. The zero-order valence-corrected chi connectivity index (χ0v) is 12.9. The van der Waals surface area contributed by atoms with E-state index in [9.17, 15) is 22.8 Å². The third-order valence-electron chi connectivity index (χ3n) is 2.94. The van der Waals surface area contributed by atoms with Crippen molar-refractivity contribution in [1.82, 2.24) is 0 Å². The Bertz CT molecular complexity index is 749. The number of rotatable bonds is 4. The number of hydrogen-bond donors (Lipinski definition) is 2. The quantitative estimate of drug-likeness (QED) is 0.801. The van der Waals surface area contributed by atoms with Gasteiger partial charge in [-0.1, -0.05) is 29.8 Å². The Balaban J connectivity index is 2.04. The molecule has 2 rings (SSSR count). The zero-order valence-electron chi connectivity index (χ0n) is 12.2. The SMILES string of the molecule is O=C(CC(=O)Nc1ccc(Cl)cc1C(F)(F)F)Nc1ccccc1. The summed E-state index contributed by atoms with van der Waals surface area (Å²) in [7, 11) is 0. The van der Waals surface area contributed by atoms with Gasteiger partial charge < -0.3 is 10.6 Å². The molecule has 2 aromatic rings. The summed E-state index contributed by atoms with van der Waals surface area (Å²) < 4.78 is 38.8. The molecule has 4 nitrogen and oxygen atoms in total. The number of carbonyl (C=O) groups is 2. The molecule has 0 unspecified atom stereocenters. The summed E-state index contributed by atoms with van der Waals surface area (Å²) in [5, 5.41) is 4.44. The van der Waals surface area contributed by atoms with E-state index in [0.29, 0.717) is 11.8 Å². The van der Waals surface area contributed by atoms with E-state index in [1.54, 1.807) is 30.3 Å². The van der Waals surface area contributed by atoms with Crippen molar-refractivity contribution in [3.8, 4) is 0 Å². The predicted octanol–water partition coefficient (Wildman–Crippen LogP) is 4.33. The number of benzene rings is 2. The fraction of sp³-hybridized carbons (Fsp3) is 0.125. The molecule has 0 aliphatic carbocycles. The molecular weight excluding hydrogens is 345 g/mol. The number of hydrogen-bond acceptors (Lipinski definition) is 2. The molecule has 0 spiro atoms. The Kier molecular flexibility index (Phi) is 5.46. The van der Waals surface area contributed by atoms with E-state index in [0.717, 1.165) is 6.07 Å². The fourth-order valence-corrected chi connectivity index (χ4v) is 2.10. The molecule has 2 N–H and O–H groups in total. The lowest BCUT2D eigenvalue weighted by Crippen LogP contribution is -2.22. The maximum Gasteiger partial charge on any atom is 0.418 e. The Labute approximate surface area is 140 Å². The molecule has 0 aliphatic heterocycles. The van der Waals surface area contributed by atoms with Gasteiger partial charge in [-0.15, -0.1) is 0 Å². The molecule has 0 saturated heterocycles.